The Labute approximate surface area is 131 Å². The number of rotatable bonds is 4. The molecule has 0 aromatic heterocycles. The molecule has 0 aliphatic carbocycles. The van der Waals surface area contributed by atoms with Gasteiger partial charge in [-0.1, -0.05) is 12.1 Å². The second-order valence-corrected chi connectivity index (χ2v) is 4.60. The molecule has 0 saturated heterocycles. The van der Waals surface area contributed by atoms with Crippen molar-refractivity contribution in [3.8, 4) is 17.6 Å². The highest BCUT2D eigenvalue weighted by Crippen LogP contribution is 2.30. The van der Waals surface area contributed by atoms with Gasteiger partial charge in [-0.2, -0.15) is 5.26 Å². The van der Waals surface area contributed by atoms with E-state index in [1.54, 1.807) is 0 Å². The Balaban J connectivity index is 2.40. The third-order valence-corrected chi connectivity index (χ3v) is 3.14. The zero-order valence-corrected chi connectivity index (χ0v) is 12.4. The lowest BCUT2D eigenvalue weighted by molar-refractivity contribution is -0.385. The van der Waals surface area contributed by atoms with E-state index in [2.05, 4.69) is 0 Å². The fourth-order valence-corrected chi connectivity index (χ4v) is 2.04. The number of nitrogens with zero attached hydrogens (tertiary/aromatic N) is 2. The maximum atomic E-state index is 12.3. The lowest BCUT2D eigenvalue weighted by Crippen LogP contribution is -2.12. The first-order chi connectivity index (χ1) is 11.0. The summed E-state index contributed by atoms with van der Waals surface area (Å²) in [4.78, 5) is 22.8. The minimum Gasteiger partial charge on any atom is -0.493 e. The van der Waals surface area contributed by atoms with E-state index in [9.17, 15) is 14.9 Å². The van der Waals surface area contributed by atoms with Gasteiger partial charge in [-0.15, -0.1) is 0 Å². The first kappa shape index (κ1) is 16.0. The molecule has 0 spiro atoms. The van der Waals surface area contributed by atoms with Crippen molar-refractivity contribution in [2.75, 3.05) is 7.11 Å². The van der Waals surface area contributed by atoms with Crippen LogP contribution in [0.2, 0.25) is 0 Å². The molecule has 0 saturated carbocycles. The van der Waals surface area contributed by atoms with E-state index in [4.69, 9.17) is 14.7 Å². The van der Waals surface area contributed by atoms with Crippen LogP contribution in [0.25, 0.3) is 0 Å². The van der Waals surface area contributed by atoms with Crippen LogP contribution >= 0.6 is 0 Å². The van der Waals surface area contributed by atoms with Gasteiger partial charge in [-0.25, -0.2) is 4.79 Å². The summed E-state index contributed by atoms with van der Waals surface area (Å²) in [6.45, 7) is 1.54. The number of hydrogen-bond donors (Lipinski definition) is 0. The van der Waals surface area contributed by atoms with E-state index >= 15 is 0 Å². The summed E-state index contributed by atoms with van der Waals surface area (Å²) < 4.78 is 10.3. The number of carbonyl (C=O) groups excluding carboxylic acids is 1. The number of para-hydroxylation sites is 1. The summed E-state index contributed by atoms with van der Waals surface area (Å²) in [7, 11) is 1.36. The van der Waals surface area contributed by atoms with Crippen molar-refractivity contribution < 1.29 is 19.2 Å². The Morgan fingerprint density at radius 1 is 1.26 bits per heavy atom. The predicted octanol–water partition coefficient (Wildman–Crippen LogP) is 3.00. The maximum Gasteiger partial charge on any atom is 0.350 e. The van der Waals surface area contributed by atoms with E-state index in [-0.39, 0.29) is 22.7 Å². The van der Waals surface area contributed by atoms with Gasteiger partial charge in [-0.05, 0) is 25.1 Å². The number of aryl methyl sites for hydroxylation is 1. The first-order valence-electron chi connectivity index (χ1n) is 6.52. The number of methoxy groups -OCH3 is 1. The van der Waals surface area contributed by atoms with Gasteiger partial charge in [0.05, 0.1) is 23.7 Å². The second-order valence-electron chi connectivity index (χ2n) is 4.60. The molecule has 0 unspecified atom stereocenters. The van der Waals surface area contributed by atoms with Gasteiger partial charge >= 0.3 is 5.97 Å². The standard InChI is InChI=1S/C16H12N2O5/c1-10-4-3-5-12(15(10)18(20)21)16(19)23-13-7-6-11(9-17)8-14(13)22-2/h3-8H,1-2H3. The third-order valence-electron chi connectivity index (χ3n) is 3.14. The van der Waals surface area contributed by atoms with E-state index in [1.807, 2.05) is 6.07 Å². The van der Waals surface area contributed by atoms with Crippen LogP contribution < -0.4 is 9.47 Å². The molecule has 0 heterocycles. The molecule has 0 bridgehead atoms. The topological polar surface area (TPSA) is 102 Å². The molecule has 2 aromatic carbocycles. The molecule has 0 amide bonds. The van der Waals surface area contributed by atoms with Crippen molar-refractivity contribution in [3.05, 3.63) is 63.2 Å². The average Bonchev–Trinajstić information content (AvgIpc) is 2.54. The van der Waals surface area contributed by atoms with Crippen LogP contribution in [0.3, 0.4) is 0 Å². The summed E-state index contributed by atoms with van der Waals surface area (Å²) in [5, 5.41) is 20.0. The maximum absolute atomic E-state index is 12.3. The summed E-state index contributed by atoms with van der Waals surface area (Å²) in [6.07, 6.45) is 0. The largest absolute Gasteiger partial charge is 0.493 e. The molecular formula is C16H12N2O5. The SMILES string of the molecule is COc1cc(C#N)ccc1OC(=O)c1cccc(C)c1[N+](=O)[O-]. The van der Waals surface area contributed by atoms with E-state index in [1.165, 1.54) is 50.4 Å². The van der Waals surface area contributed by atoms with Crippen molar-refractivity contribution in [1.29, 1.82) is 5.26 Å². The van der Waals surface area contributed by atoms with Crippen molar-refractivity contribution in [2.45, 2.75) is 6.92 Å². The summed E-state index contributed by atoms with van der Waals surface area (Å²) in [5.41, 5.74) is 0.242. The Kier molecular flexibility index (Phi) is 4.57. The molecule has 0 aliphatic rings. The Morgan fingerprint density at radius 3 is 2.61 bits per heavy atom. The molecule has 2 rings (SSSR count). The minimum absolute atomic E-state index is 0.0762. The first-order valence-corrected chi connectivity index (χ1v) is 6.52. The highest BCUT2D eigenvalue weighted by molar-refractivity contribution is 5.96. The Morgan fingerprint density at radius 2 is 2.00 bits per heavy atom. The van der Waals surface area contributed by atoms with Crippen molar-refractivity contribution in [1.82, 2.24) is 0 Å². The predicted molar refractivity (Wildman–Crippen MR) is 80.5 cm³/mol. The molecule has 7 nitrogen and oxygen atoms in total. The number of nitro groups is 1. The monoisotopic (exact) mass is 312 g/mol. The number of esters is 1. The van der Waals surface area contributed by atoms with Crippen molar-refractivity contribution in [3.63, 3.8) is 0 Å². The number of ether oxygens (including phenoxy) is 2. The summed E-state index contributed by atoms with van der Waals surface area (Å²) in [5.74, 6) is -0.608. The minimum atomic E-state index is -0.872. The lowest BCUT2D eigenvalue weighted by Gasteiger charge is -2.10. The quantitative estimate of drug-likeness (QED) is 0.372. The summed E-state index contributed by atoms with van der Waals surface area (Å²) in [6, 6.07) is 10.6. The molecule has 0 fully saturated rings. The molecule has 0 atom stereocenters. The highest BCUT2D eigenvalue weighted by Gasteiger charge is 2.24. The zero-order chi connectivity index (χ0) is 17.0. The fraction of sp³-hybridized carbons (Fsp3) is 0.125. The third kappa shape index (κ3) is 3.27. The van der Waals surface area contributed by atoms with Gasteiger partial charge in [0, 0.05) is 11.6 Å². The number of nitriles is 1. The fourth-order valence-electron chi connectivity index (χ4n) is 2.04. The van der Waals surface area contributed by atoms with Crippen LogP contribution in [0.15, 0.2) is 36.4 Å². The number of hydrogen-bond acceptors (Lipinski definition) is 6. The average molecular weight is 312 g/mol. The van der Waals surface area contributed by atoms with Gasteiger partial charge in [0.15, 0.2) is 11.5 Å². The zero-order valence-electron chi connectivity index (χ0n) is 12.4. The molecule has 23 heavy (non-hydrogen) atoms. The van der Waals surface area contributed by atoms with E-state index < -0.39 is 10.9 Å². The molecule has 0 N–H and O–H groups in total. The molecule has 0 aliphatic heterocycles. The highest BCUT2D eigenvalue weighted by atomic mass is 16.6. The van der Waals surface area contributed by atoms with Gasteiger partial charge in [-0.3, -0.25) is 10.1 Å². The normalized spacial score (nSPS) is 9.78. The molecular weight excluding hydrogens is 300 g/mol. The van der Waals surface area contributed by atoms with Crippen molar-refractivity contribution in [2.24, 2.45) is 0 Å². The second kappa shape index (κ2) is 6.58. The van der Waals surface area contributed by atoms with Crippen LogP contribution in [0.5, 0.6) is 11.5 Å². The van der Waals surface area contributed by atoms with Crippen LogP contribution in [0, 0.1) is 28.4 Å². The van der Waals surface area contributed by atoms with Gasteiger partial charge in [0.1, 0.15) is 5.56 Å². The van der Waals surface area contributed by atoms with Crippen LogP contribution in [-0.2, 0) is 0 Å². The molecule has 0 radical (unpaired) electrons. The van der Waals surface area contributed by atoms with Crippen LogP contribution in [0.1, 0.15) is 21.5 Å². The van der Waals surface area contributed by atoms with Gasteiger partial charge in [0.25, 0.3) is 5.69 Å². The number of carbonyl (C=O) groups is 1. The smallest absolute Gasteiger partial charge is 0.350 e. The molecule has 116 valence electrons. The van der Waals surface area contributed by atoms with Gasteiger partial charge in [0.2, 0.25) is 0 Å². The molecule has 2 aromatic rings. The van der Waals surface area contributed by atoms with E-state index in [0.717, 1.165) is 0 Å². The van der Waals surface area contributed by atoms with Crippen molar-refractivity contribution >= 4 is 11.7 Å². The van der Waals surface area contributed by atoms with Crippen LogP contribution in [-0.4, -0.2) is 18.0 Å². The molecule has 7 heteroatoms. The number of nitro benzene ring substituents is 1. The lowest BCUT2D eigenvalue weighted by atomic mass is 10.1. The Hall–Kier alpha value is -3.40. The Bertz CT molecular complexity index is 824. The summed E-state index contributed by atoms with van der Waals surface area (Å²) >= 11 is 0. The number of benzene rings is 2. The van der Waals surface area contributed by atoms with E-state index in [0.29, 0.717) is 11.1 Å². The van der Waals surface area contributed by atoms with Gasteiger partial charge < -0.3 is 9.47 Å². The van der Waals surface area contributed by atoms with Crippen LogP contribution in [0.4, 0.5) is 5.69 Å².